The number of nitrogens with zero attached hydrogens (tertiary/aromatic N) is 3. The number of alkyl halides is 3. The van der Waals surface area contributed by atoms with Gasteiger partial charge in [0.05, 0.1) is 24.1 Å². The smallest absolute Gasteiger partial charge is 0.416 e. The number of pyridine rings is 1. The Labute approximate surface area is 151 Å². The van der Waals surface area contributed by atoms with Crippen molar-refractivity contribution in [1.29, 1.82) is 0 Å². The Bertz CT molecular complexity index is 895. The predicted molar refractivity (Wildman–Crippen MR) is 88.1 cm³/mol. The predicted octanol–water partition coefficient (Wildman–Crippen LogP) is 4.01. The molecule has 0 bridgehead atoms. The lowest BCUT2D eigenvalue weighted by molar-refractivity contribution is -0.138. The van der Waals surface area contributed by atoms with Crippen LogP contribution in [0.1, 0.15) is 16.8 Å². The number of aliphatic hydroxyl groups excluding tert-OH is 1. The minimum atomic E-state index is -4.52. The van der Waals surface area contributed by atoms with Gasteiger partial charge >= 0.3 is 6.18 Å². The molecule has 0 aliphatic heterocycles. The van der Waals surface area contributed by atoms with E-state index in [0.29, 0.717) is 17.3 Å². The van der Waals surface area contributed by atoms with Crippen molar-refractivity contribution in [3.63, 3.8) is 0 Å². The number of halogens is 4. The molecule has 9 heteroatoms. The highest BCUT2D eigenvalue weighted by molar-refractivity contribution is 6.31. The van der Waals surface area contributed by atoms with E-state index in [4.69, 9.17) is 21.4 Å². The third kappa shape index (κ3) is 3.97. The highest BCUT2D eigenvalue weighted by Gasteiger charge is 2.34. The second-order valence-electron chi connectivity index (χ2n) is 5.33. The third-order valence-corrected chi connectivity index (χ3v) is 3.94. The van der Waals surface area contributed by atoms with E-state index in [2.05, 4.69) is 9.97 Å². The van der Waals surface area contributed by atoms with E-state index >= 15 is 0 Å². The molecule has 0 fully saturated rings. The van der Waals surface area contributed by atoms with Gasteiger partial charge in [-0.3, -0.25) is 4.57 Å². The van der Waals surface area contributed by atoms with Crippen molar-refractivity contribution in [3.8, 4) is 11.6 Å². The van der Waals surface area contributed by atoms with Crippen LogP contribution in [-0.4, -0.2) is 19.6 Å². The van der Waals surface area contributed by atoms with Gasteiger partial charge < -0.3 is 9.84 Å². The topological polar surface area (TPSA) is 60.2 Å². The van der Waals surface area contributed by atoms with Gasteiger partial charge in [0.25, 0.3) is 0 Å². The molecule has 0 saturated heterocycles. The van der Waals surface area contributed by atoms with E-state index in [9.17, 15) is 13.2 Å². The Kier molecular flexibility index (Phi) is 5.15. The van der Waals surface area contributed by atoms with Crippen molar-refractivity contribution in [3.05, 3.63) is 70.9 Å². The maximum Gasteiger partial charge on any atom is 0.416 e. The summed E-state index contributed by atoms with van der Waals surface area (Å²) >= 11 is 5.90. The molecule has 1 N–H and O–H groups in total. The summed E-state index contributed by atoms with van der Waals surface area (Å²) in [5, 5.41) is 9.00. The Morgan fingerprint density at radius 1 is 1.15 bits per heavy atom. The molecule has 0 aliphatic carbocycles. The average Bonchev–Trinajstić information content (AvgIpc) is 3.09. The molecule has 3 aromatic rings. The SMILES string of the molecule is OCc1cn(-c2ccc(OCc3c(Cl)cccc3C(F)(F)F)cn2)cn1. The average molecular weight is 384 g/mol. The van der Waals surface area contributed by atoms with Gasteiger partial charge in [0, 0.05) is 16.8 Å². The molecule has 3 rings (SSSR count). The summed E-state index contributed by atoms with van der Waals surface area (Å²) in [4.78, 5) is 8.14. The summed E-state index contributed by atoms with van der Waals surface area (Å²) in [7, 11) is 0. The first-order valence-electron chi connectivity index (χ1n) is 7.46. The van der Waals surface area contributed by atoms with Crippen molar-refractivity contribution >= 4 is 11.6 Å². The Morgan fingerprint density at radius 2 is 1.96 bits per heavy atom. The molecule has 26 heavy (non-hydrogen) atoms. The van der Waals surface area contributed by atoms with Crippen LogP contribution in [0.15, 0.2) is 49.1 Å². The van der Waals surface area contributed by atoms with Gasteiger partial charge in [-0.15, -0.1) is 0 Å². The van der Waals surface area contributed by atoms with Gasteiger partial charge in [0.1, 0.15) is 24.5 Å². The first-order chi connectivity index (χ1) is 12.4. The lowest BCUT2D eigenvalue weighted by Gasteiger charge is -2.15. The minimum absolute atomic E-state index is 0.0145. The van der Waals surface area contributed by atoms with Crippen LogP contribution in [0, 0.1) is 0 Å². The van der Waals surface area contributed by atoms with Crippen LogP contribution in [0.4, 0.5) is 13.2 Å². The Morgan fingerprint density at radius 3 is 2.58 bits per heavy atom. The maximum atomic E-state index is 13.1. The molecule has 0 aliphatic rings. The number of ether oxygens (including phenoxy) is 1. The number of hydrogen-bond acceptors (Lipinski definition) is 4. The van der Waals surface area contributed by atoms with Gasteiger partial charge in [0.2, 0.25) is 0 Å². The second kappa shape index (κ2) is 7.35. The Hall–Kier alpha value is -2.58. The molecule has 0 radical (unpaired) electrons. The highest BCUT2D eigenvalue weighted by Crippen LogP contribution is 2.35. The monoisotopic (exact) mass is 383 g/mol. The minimum Gasteiger partial charge on any atom is -0.487 e. The van der Waals surface area contributed by atoms with Gasteiger partial charge in [-0.1, -0.05) is 17.7 Å². The summed E-state index contributed by atoms with van der Waals surface area (Å²) in [6, 6.07) is 6.79. The second-order valence-corrected chi connectivity index (χ2v) is 5.74. The summed E-state index contributed by atoms with van der Waals surface area (Å²) in [6.07, 6.45) is -0.0222. The lowest BCUT2D eigenvalue weighted by atomic mass is 10.1. The standard InChI is InChI=1S/C17H13ClF3N3O2/c18-15-3-1-2-14(17(19,20)21)13(15)9-26-12-4-5-16(22-6-12)24-7-11(8-25)23-10-24/h1-7,10,25H,8-9H2. The molecule has 136 valence electrons. The van der Waals surface area contributed by atoms with Gasteiger partial charge in [-0.05, 0) is 24.3 Å². The molecule has 2 heterocycles. The van der Waals surface area contributed by atoms with Crippen LogP contribution in [0.2, 0.25) is 5.02 Å². The van der Waals surface area contributed by atoms with Crippen LogP contribution in [0.25, 0.3) is 5.82 Å². The van der Waals surface area contributed by atoms with E-state index in [1.807, 2.05) is 0 Å². The van der Waals surface area contributed by atoms with E-state index in [1.165, 1.54) is 24.7 Å². The van der Waals surface area contributed by atoms with Crippen molar-refractivity contribution in [2.45, 2.75) is 19.4 Å². The molecule has 5 nitrogen and oxygen atoms in total. The van der Waals surface area contributed by atoms with Crippen LogP contribution in [0.5, 0.6) is 5.75 Å². The highest BCUT2D eigenvalue weighted by atomic mass is 35.5. The van der Waals surface area contributed by atoms with Crippen LogP contribution >= 0.6 is 11.6 Å². The lowest BCUT2D eigenvalue weighted by Crippen LogP contribution is -2.11. The maximum absolute atomic E-state index is 13.1. The van der Waals surface area contributed by atoms with E-state index in [0.717, 1.165) is 6.07 Å². The normalized spacial score (nSPS) is 11.6. The summed E-state index contributed by atoms with van der Waals surface area (Å²) < 4.78 is 46.2. The van der Waals surface area contributed by atoms with E-state index in [1.54, 1.807) is 22.9 Å². The number of aliphatic hydroxyl groups is 1. The molecule has 0 saturated carbocycles. The van der Waals surface area contributed by atoms with Crippen molar-refractivity contribution < 1.29 is 23.0 Å². The van der Waals surface area contributed by atoms with Crippen LogP contribution < -0.4 is 4.74 Å². The zero-order chi connectivity index (χ0) is 18.7. The zero-order valence-corrected chi connectivity index (χ0v) is 14.0. The molecule has 0 amide bonds. The summed E-state index contributed by atoms with van der Waals surface area (Å²) in [6.45, 7) is -0.525. The van der Waals surface area contributed by atoms with Crippen molar-refractivity contribution in [2.24, 2.45) is 0 Å². The fourth-order valence-electron chi connectivity index (χ4n) is 2.31. The van der Waals surface area contributed by atoms with Crippen molar-refractivity contribution in [2.75, 3.05) is 0 Å². The number of benzene rings is 1. The van der Waals surface area contributed by atoms with Crippen LogP contribution in [-0.2, 0) is 19.4 Å². The quantitative estimate of drug-likeness (QED) is 0.723. The number of hydrogen-bond donors (Lipinski definition) is 1. The van der Waals surface area contributed by atoms with Crippen molar-refractivity contribution in [1.82, 2.24) is 14.5 Å². The largest absolute Gasteiger partial charge is 0.487 e. The zero-order valence-electron chi connectivity index (χ0n) is 13.2. The number of rotatable bonds is 5. The number of imidazole rings is 1. The van der Waals surface area contributed by atoms with Gasteiger partial charge in [0.15, 0.2) is 0 Å². The van der Waals surface area contributed by atoms with Crippen LogP contribution in [0.3, 0.4) is 0 Å². The summed E-state index contributed by atoms with van der Waals surface area (Å²) in [5.74, 6) is 0.822. The first kappa shape index (κ1) is 18.2. The molecule has 2 aromatic heterocycles. The molecule has 0 unspecified atom stereocenters. The van der Waals surface area contributed by atoms with Gasteiger partial charge in [-0.25, -0.2) is 9.97 Å². The molecular weight excluding hydrogens is 371 g/mol. The third-order valence-electron chi connectivity index (χ3n) is 3.59. The first-order valence-corrected chi connectivity index (χ1v) is 7.84. The van der Waals surface area contributed by atoms with E-state index < -0.39 is 11.7 Å². The molecule has 1 aromatic carbocycles. The molecular formula is C17H13ClF3N3O2. The van der Waals surface area contributed by atoms with Gasteiger partial charge in [-0.2, -0.15) is 13.2 Å². The molecule has 0 spiro atoms. The fraction of sp³-hybridized carbons (Fsp3) is 0.176. The number of aromatic nitrogens is 3. The Balaban J connectivity index is 1.75. The van der Waals surface area contributed by atoms with E-state index in [-0.39, 0.29) is 23.8 Å². The summed E-state index contributed by atoms with van der Waals surface area (Å²) in [5.41, 5.74) is -0.469. The fourth-order valence-corrected chi connectivity index (χ4v) is 2.54. The molecule has 0 atom stereocenters.